The van der Waals surface area contributed by atoms with Gasteiger partial charge in [-0.2, -0.15) is 0 Å². The third-order valence-corrected chi connectivity index (χ3v) is 6.13. The Labute approximate surface area is 104 Å². The summed E-state index contributed by atoms with van der Waals surface area (Å²) in [4.78, 5) is 2.22. The molecule has 2 aliphatic rings. The summed E-state index contributed by atoms with van der Waals surface area (Å²) < 4.78 is 23.6. The van der Waals surface area contributed by atoms with Crippen LogP contribution in [0.5, 0.6) is 0 Å². The van der Waals surface area contributed by atoms with Gasteiger partial charge in [-0.25, -0.2) is 0 Å². The van der Waals surface area contributed by atoms with E-state index < -0.39 is 8.80 Å². The van der Waals surface area contributed by atoms with Gasteiger partial charge in [-0.15, -0.1) is 0 Å². The molecule has 0 saturated carbocycles. The summed E-state index contributed by atoms with van der Waals surface area (Å²) in [5.74, 6) is 0. The van der Waals surface area contributed by atoms with Crippen LogP contribution in [0.2, 0.25) is 6.04 Å². The number of rotatable bonds is 2. The van der Waals surface area contributed by atoms with Gasteiger partial charge in [-0.1, -0.05) is 0 Å². The van der Waals surface area contributed by atoms with Gasteiger partial charge >= 0.3 is 8.80 Å². The fourth-order valence-corrected chi connectivity index (χ4v) is 5.01. The highest BCUT2D eigenvalue weighted by atomic mass is 28.4. The molecule has 2 fully saturated rings. The van der Waals surface area contributed by atoms with E-state index in [2.05, 4.69) is 11.9 Å². The van der Waals surface area contributed by atoms with Crippen molar-refractivity contribution in [2.45, 2.75) is 25.5 Å². The first-order chi connectivity index (χ1) is 8.24. The second-order valence-corrected chi connectivity index (χ2v) is 7.32. The van der Waals surface area contributed by atoms with E-state index in [9.17, 15) is 0 Å². The van der Waals surface area contributed by atoms with Crippen molar-refractivity contribution < 1.29 is 18.0 Å². The van der Waals surface area contributed by atoms with Crippen molar-refractivity contribution in [3.05, 3.63) is 0 Å². The van der Waals surface area contributed by atoms with Gasteiger partial charge in [0.2, 0.25) is 0 Å². The highest BCUT2D eigenvalue weighted by Crippen LogP contribution is 2.24. The highest BCUT2D eigenvalue weighted by molar-refractivity contribution is 6.60. The Kier molecular flexibility index (Phi) is 4.95. The maximum absolute atomic E-state index is 6.16. The first kappa shape index (κ1) is 13.4. The van der Waals surface area contributed by atoms with Crippen LogP contribution < -0.4 is 0 Å². The Morgan fingerprint density at radius 3 is 3.12 bits per heavy atom. The van der Waals surface area contributed by atoms with Gasteiger partial charge < -0.3 is 22.9 Å². The maximum Gasteiger partial charge on any atom is 0.501 e. The molecule has 0 aliphatic carbocycles. The normalized spacial score (nSPS) is 36.7. The van der Waals surface area contributed by atoms with Crippen LogP contribution >= 0.6 is 0 Å². The van der Waals surface area contributed by atoms with Crippen LogP contribution in [0.15, 0.2) is 0 Å². The Morgan fingerprint density at radius 1 is 1.41 bits per heavy atom. The first-order valence-electron chi connectivity index (χ1n) is 6.46. The van der Waals surface area contributed by atoms with Crippen molar-refractivity contribution in [1.82, 2.24) is 4.90 Å². The average Bonchev–Trinajstić information content (AvgIpc) is 2.23. The number of ether oxygens (including phenoxy) is 1. The second-order valence-electron chi connectivity index (χ2n) is 4.65. The Morgan fingerprint density at radius 2 is 2.29 bits per heavy atom. The zero-order valence-corrected chi connectivity index (χ0v) is 11.8. The van der Waals surface area contributed by atoms with Gasteiger partial charge in [0, 0.05) is 32.3 Å². The molecule has 100 valence electrons. The molecule has 2 saturated heterocycles. The van der Waals surface area contributed by atoms with Gasteiger partial charge in [-0.3, -0.25) is 0 Å². The number of hydrogen-bond donors (Lipinski definition) is 0. The van der Waals surface area contributed by atoms with Crippen molar-refractivity contribution in [1.29, 1.82) is 0 Å². The van der Waals surface area contributed by atoms with E-state index in [0.717, 1.165) is 32.2 Å². The number of likely N-dealkylation sites (N-methyl/N-ethyl adjacent to an activating group) is 1. The van der Waals surface area contributed by atoms with Crippen molar-refractivity contribution >= 4 is 8.80 Å². The van der Waals surface area contributed by atoms with Crippen molar-refractivity contribution in [3.8, 4) is 0 Å². The molecule has 0 aromatic heterocycles. The minimum Gasteiger partial charge on any atom is -0.379 e. The van der Waals surface area contributed by atoms with Crippen LogP contribution in [0.25, 0.3) is 0 Å². The van der Waals surface area contributed by atoms with E-state index in [1.165, 1.54) is 0 Å². The Hall–Kier alpha value is 0.0169. The molecule has 0 aromatic carbocycles. The van der Waals surface area contributed by atoms with Crippen molar-refractivity contribution in [2.24, 2.45) is 0 Å². The molecule has 2 aliphatic heterocycles. The summed E-state index contributed by atoms with van der Waals surface area (Å²) in [6.07, 6.45) is 1.05. The predicted molar refractivity (Wildman–Crippen MR) is 65.9 cm³/mol. The minimum atomic E-state index is -2.43. The van der Waals surface area contributed by atoms with E-state index in [1.54, 1.807) is 0 Å². The lowest BCUT2D eigenvalue weighted by Crippen LogP contribution is -2.55. The molecule has 0 aromatic rings. The van der Waals surface area contributed by atoms with E-state index in [0.29, 0.717) is 19.8 Å². The largest absolute Gasteiger partial charge is 0.501 e. The number of fused-ring (bicyclic) bond motifs is 2. The molecule has 0 radical (unpaired) electrons. The van der Waals surface area contributed by atoms with E-state index in [1.807, 2.05) is 6.92 Å². The fourth-order valence-electron chi connectivity index (χ4n) is 2.31. The average molecular weight is 261 g/mol. The quantitative estimate of drug-likeness (QED) is 0.685. The topological polar surface area (TPSA) is 40.2 Å². The van der Waals surface area contributed by atoms with Crippen LogP contribution in [0, 0.1) is 0 Å². The van der Waals surface area contributed by atoms with Crippen molar-refractivity contribution in [2.75, 3.05) is 46.6 Å². The smallest absolute Gasteiger partial charge is 0.379 e. The lowest BCUT2D eigenvalue weighted by Gasteiger charge is -2.38. The summed E-state index contributed by atoms with van der Waals surface area (Å²) in [5, 5.41) is 0. The molecular formula is C11H23NO4Si. The zero-order valence-electron chi connectivity index (χ0n) is 10.8. The van der Waals surface area contributed by atoms with Gasteiger partial charge in [0.05, 0.1) is 19.3 Å². The Bertz CT molecular complexity index is 244. The van der Waals surface area contributed by atoms with Gasteiger partial charge in [0.15, 0.2) is 0 Å². The van der Waals surface area contributed by atoms with Gasteiger partial charge in [0.25, 0.3) is 0 Å². The summed E-state index contributed by atoms with van der Waals surface area (Å²) in [5.41, 5.74) is 0. The summed E-state index contributed by atoms with van der Waals surface area (Å²) >= 11 is 0. The van der Waals surface area contributed by atoms with Crippen LogP contribution in [0.1, 0.15) is 13.3 Å². The zero-order chi connectivity index (χ0) is 12.1. The molecule has 0 spiro atoms. The van der Waals surface area contributed by atoms with E-state index in [4.69, 9.17) is 18.0 Å². The summed E-state index contributed by atoms with van der Waals surface area (Å²) in [6, 6.07) is 0.876. The molecule has 0 amide bonds. The third kappa shape index (κ3) is 3.74. The molecule has 17 heavy (non-hydrogen) atoms. The monoisotopic (exact) mass is 261 g/mol. The summed E-state index contributed by atoms with van der Waals surface area (Å²) in [6.45, 7) is 6.63. The maximum atomic E-state index is 6.16. The summed E-state index contributed by atoms with van der Waals surface area (Å²) in [7, 11) is -0.350. The van der Waals surface area contributed by atoms with Crippen LogP contribution in [0.3, 0.4) is 0 Å². The van der Waals surface area contributed by atoms with Crippen LogP contribution in [-0.4, -0.2) is 66.4 Å². The predicted octanol–water partition coefficient (Wildman–Crippen LogP) is 0.729. The first-order valence-corrected chi connectivity index (χ1v) is 8.39. The van der Waals surface area contributed by atoms with Gasteiger partial charge in [-0.05, 0) is 20.4 Å². The molecule has 5 nitrogen and oxygen atoms in total. The lowest BCUT2D eigenvalue weighted by atomic mass is 10.3. The van der Waals surface area contributed by atoms with Crippen molar-refractivity contribution in [3.63, 3.8) is 0 Å². The molecule has 0 N–H and O–H groups in total. The number of nitrogens with zero attached hydrogens (tertiary/aromatic N) is 1. The van der Waals surface area contributed by atoms with Crippen LogP contribution in [0.4, 0.5) is 0 Å². The highest BCUT2D eigenvalue weighted by Gasteiger charge is 2.44. The number of hydrogen-bond acceptors (Lipinski definition) is 5. The molecule has 6 heteroatoms. The Balaban J connectivity index is 2.08. The second kappa shape index (κ2) is 6.26. The SMILES string of the molecule is CCO[Si]12CCCOCC(CN(C)CCO1)O2. The van der Waals surface area contributed by atoms with E-state index >= 15 is 0 Å². The molecular weight excluding hydrogens is 238 g/mol. The third-order valence-electron chi connectivity index (χ3n) is 3.10. The fraction of sp³-hybridized carbons (Fsp3) is 1.00. The van der Waals surface area contributed by atoms with Crippen LogP contribution in [-0.2, 0) is 18.0 Å². The van der Waals surface area contributed by atoms with E-state index in [-0.39, 0.29) is 6.10 Å². The standard InChI is InChI=1S/C11H23NO4Si/c1-3-14-17-8-4-6-13-10-11(16-17)9-12(2)5-7-15-17/h11H,3-10H2,1-2H3. The molecule has 2 atom stereocenters. The molecule has 2 rings (SSSR count). The minimum absolute atomic E-state index is 0.0822. The molecule has 2 heterocycles. The lowest BCUT2D eigenvalue weighted by molar-refractivity contribution is -0.0505. The molecule has 2 bridgehead atoms. The van der Waals surface area contributed by atoms with Gasteiger partial charge in [0.1, 0.15) is 0 Å². The molecule has 2 unspecified atom stereocenters.